The molecule has 0 spiro atoms. The van der Waals surface area contributed by atoms with Gasteiger partial charge >= 0.3 is 0 Å². The summed E-state index contributed by atoms with van der Waals surface area (Å²) < 4.78 is 13.9. The number of anilines is 1. The van der Waals surface area contributed by atoms with Gasteiger partial charge in [-0.1, -0.05) is 11.6 Å². The van der Waals surface area contributed by atoms with Crippen LogP contribution < -0.4 is 5.32 Å². The van der Waals surface area contributed by atoms with Crippen LogP contribution in [0.25, 0.3) is 0 Å². The zero-order chi connectivity index (χ0) is 14.0. The number of carbonyl (C=O) groups excluding carboxylic acids is 1. The predicted octanol–water partition coefficient (Wildman–Crippen LogP) is 4.78. The molecule has 0 bridgehead atoms. The van der Waals surface area contributed by atoms with Crippen molar-refractivity contribution in [3.8, 4) is 0 Å². The molecule has 0 unspecified atom stereocenters. The van der Waals surface area contributed by atoms with Crippen molar-refractivity contribution in [3.63, 3.8) is 0 Å². The molecule has 98 valence electrons. The Morgan fingerprint density at radius 3 is 2.68 bits per heavy atom. The molecule has 0 atom stereocenters. The average molecular weight is 361 g/mol. The van der Waals surface area contributed by atoms with Crippen molar-refractivity contribution in [2.24, 2.45) is 0 Å². The first-order valence-electron chi connectivity index (χ1n) is 5.22. The van der Waals surface area contributed by atoms with Gasteiger partial charge in [-0.05, 0) is 52.3 Å². The van der Waals surface area contributed by atoms with Gasteiger partial charge in [0.05, 0.1) is 10.6 Å². The standard InChI is InChI=1S/C13H8BrClFNOS/c14-10-3-2-8(19)6-9(10)13(18)17-7-1-4-11(15)12(16)5-7/h1-6,19H,(H,17,18). The van der Waals surface area contributed by atoms with Gasteiger partial charge in [-0.2, -0.15) is 0 Å². The minimum atomic E-state index is -0.582. The second kappa shape index (κ2) is 5.94. The van der Waals surface area contributed by atoms with E-state index in [-0.39, 0.29) is 10.9 Å². The Balaban J connectivity index is 2.25. The summed E-state index contributed by atoms with van der Waals surface area (Å²) in [5.41, 5.74) is 0.756. The van der Waals surface area contributed by atoms with E-state index in [4.69, 9.17) is 11.6 Å². The normalized spacial score (nSPS) is 10.3. The molecule has 0 fully saturated rings. The van der Waals surface area contributed by atoms with Crippen molar-refractivity contribution in [2.45, 2.75) is 4.90 Å². The zero-order valence-corrected chi connectivity index (χ0v) is 12.7. The largest absolute Gasteiger partial charge is 0.322 e. The molecule has 6 heteroatoms. The van der Waals surface area contributed by atoms with E-state index in [1.54, 1.807) is 18.2 Å². The third-order valence-corrected chi connectivity index (χ3v) is 3.65. The van der Waals surface area contributed by atoms with Crippen LogP contribution >= 0.6 is 40.2 Å². The van der Waals surface area contributed by atoms with Crippen molar-refractivity contribution in [1.82, 2.24) is 0 Å². The Morgan fingerprint density at radius 2 is 2.00 bits per heavy atom. The first-order valence-corrected chi connectivity index (χ1v) is 6.84. The summed E-state index contributed by atoms with van der Waals surface area (Å²) in [6, 6.07) is 9.18. The molecular formula is C13H8BrClFNOS. The van der Waals surface area contributed by atoms with E-state index in [2.05, 4.69) is 33.9 Å². The molecule has 0 radical (unpaired) electrons. The highest BCUT2D eigenvalue weighted by molar-refractivity contribution is 9.10. The van der Waals surface area contributed by atoms with Gasteiger partial charge in [0.2, 0.25) is 0 Å². The summed E-state index contributed by atoms with van der Waals surface area (Å²) in [5.74, 6) is -0.939. The van der Waals surface area contributed by atoms with Crippen LogP contribution in [0.3, 0.4) is 0 Å². The minimum absolute atomic E-state index is 0.0107. The molecule has 1 amide bonds. The lowest BCUT2D eigenvalue weighted by Crippen LogP contribution is -2.12. The molecule has 0 aromatic heterocycles. The molecule has 2 rings (SSSR count). The SMILES string of the molecule is O=C(Nc1ccc(Cl)c(F)c1)c1cc(S)ccc1Br. The van der Waals surface area contributed by atoms with Crippen LogP contribution in [0.2, 0.25) is 5.02 Å². The fraction of sp³-hybridized carbons (Fsp3) is 0. The molecule has 0 heterocycles. The smallest absolute Gasteiger partial charge is 0.256 e. The Bertz CT molecular complexity index is 651. The molecule has 2 aromatic rings. The molecule has 2 aromatic carbocycles. The van der Waals surface area contributed by atoms with Gasteiger partial charge in [-0.25, -0.2) is 4.39 Å². The van der Waals surface area contributed by atoms with Crippen molar-refractivity contribution in [2.75, 3.05) is 5.32 Å². The molecule has 0 saturated heterocycles. The maximum atomic E-state index is 13.3. The van der Waals surface area contributed by atoms with Gasteiger partial charge < -0.3 is 5.32 Å². The van der Waals surface area contributed by atoms with E-state index in [1.165, 1.54) is 18.2 Å². The number of thiol groups is 1. The minimum Gasteiger partial charge on any atom is -0.322 e. The van der Waals surface area contributed by atoms with Gasteiger partial charge in [0.25, 0.3) is 5.91 Å². The number of benzene rings is 2. The summed E-state index contributed by atoms with van der Waals surface area (Å²) in [6.45, 7) is 0. The molecular weight excluding hydrogens is 353 g/mol. The van der Waals surface area contributed by atoms with Crippen LogP contribution in [0, 0.1) is 5.82 Å². The highest BCUT2D eigenvalue weighted by atomic mass is 79.9. The van der Waals surface area contributed by atoms with Crippen molar-refractivity contribution in [1.29, 1.82) is 0 Å². The summed E-state index contributed by atoms with van der Waals surface area (Å²) >= 11 is 13.0. The predicted molar refractivity (Wildman–Crippen MR) is 80.8 cm³/mol. The van der Waals surface area contributed by atoms with Crippen LogP contribution in [-0.2, 0) is 0 Å². The number of amides is 1. The summed E-state index contributed by atoms with van der Waals surface area (Å²) in [7, 11) is 0. The molecule has 0 aliphatic rings. The van der Waals surface area contributed by atoms with E-state index >= 15 is 0 Å². The number of nitrogens with one attached hydrogen (secondary N) is 1. The monoisotopic (exact) mass is 359 g/mol. The lowest BCUT2D eigenvalue weighted by atomic mass is 10.2. The first kappa shape index (κ1) is 14.4. The van der Waals surface area contributed by atoms with Gasteiger partial charge in [-0.3, -0.25) is 4.79 Å². The molecule has 2 nitrogen and oxygen atoms in total. The van der Waals surface area contributed by atoms with Crippen LogP contribution in [0.5, 0.6) is 0 Å². The molecule has 0 aliphatic carbocycles. The number of hydrogen-bond donors (Lipinski definition) is 2. The Hall–Kier alpha value is -1.04. The molecule has 0 aliphatic heterocycles. The van der Waals surface area contributed by atoms with E-state index in [0.29, 0.717) is 20.6 Å². The highest BCUT2D eigenvalue weighted by Gasteiger charge is 2.11. The Morgan fingerprint density at radius 1 is 1.26 bits per heavy atom. The highest BCUT2D eigenvalue weighted by Crippen LogP contribution is 2.23. The Labute approximate surface area is 128 Å². The number of rotatable bonds is 2. The van der Waals surface area contributed by atoms with Gasteiger partial charge in [0, 0.05) is 15.1 Å². The summed E-state index contributed by atoms with van der Waals surface area (Å²) in [6.07, 6.45) is 0. The second-order valence-corrected chi connectivity index (χ2v) is 5.53. The maximum Gasteiger partial charge on any atom is 0.256 e. The third-order valence-electron chi connectivity index (χ3n) is 2.37. The van der Waals surface area contributed by atoms with Gasteiger partial charge in [0.1, 0.15) is 5.82 Å². The number of halogens is 3. The average Bonchev–Trinajstić information content (AvgIpc) is 2.36. The zero-order valence-electron chi connectivity index (χ0n) is 9.45. The van der Waals surface area contributed by atoms with Gasteiger partial charge in [-0.15, -0.1) is 12.6 Å². The topological polar surface area (TPSA) is 29.1 Å². The number of hydrogen-bond acceptors (Lipinski definition) is 2. The lowest BCUT2D eigenvalue weighted by Gasteiger charge is -2.08. The third kappa shape index (κ3) is 3.49. The van der Waals surface area contributed by atoms with E-state index in [0.717, 1.165) is 0 Å². The second-order valence-electron chi connectivity index (χ2n) is 3.75. The van der Waals surface area contributed by atoms with E-state index in [1.807, 2.05) is 0 Å². The van der Waals surface area contributed by atoms with E-state index in [9.17, 15) is 9.18 Å². The summed E-state index contributed by atoms with van der Waals surface area (Å²) in [4.78, 5) is 12.7. The van der Waals surface area contributed by atoms with Crippen LogP contribution in [0.4, 0.5) is 10.1 Å². The van der Waals surface area contributed by atoms with Crippen molar-refractivity contribution < 1.29 is 9.18 Å². The fourth-order valence-corrected chi connectivity index (χ4v) is 2.21. The van der Waals surface area contributed by atoms with E-state index < -0.39 is 5.82 Å². The quantitative estimate of drug-likeness (QED) is 0.741. The van der Waals surface area contributed by atoms with Crippen molar-refractivity contribution in [3.05, 3.63) is 57.3 Å². The lowest BCUT2D eigenvalue weighted by molar-refractivity contribution is 0.102. The van der Waals surface area contributed by atoms with Crippen LogP contribution in [0.1, 0.15) is 10.4 Å². The molecule has 1 N–H and O–H groups in total. The van der Waals surface area contributed by atoms with Crippen LogP contribution in [-0.4, -0.2) is 5.91 Å². The number of carbonyl (C=O) groups is 1. The fourth-order valence-electron chi connectivity index (χ4n) is 1.46. The first-order chi connectivity index (χ1) is 8.97. The van der Waals surface area contributed by atoms with Crippen LogP contribution in [0.15, 0.2) is 45.8 Å². The van der Waals surface area contributed by atoms with Crippen molar-refractivity contribution >= 4 is 51.8 Å². The Kier molecular flexibility index (Phi) is 4.50. The van der Waals surface area contributed by atoms with Gasteiger partial charge in [0.15, 0.2) is 0 Å². The summed E-state index contributed by atoms with van der Waals surface area (Å²) in [5, 5.41) is 2.60. The maximum absolute atomic E-state index is 13.3. The molecule has 0 saturated carbocycles. The molecule has 19 heavy (non-hydrogen) atoms.